The summed E-state index contributed by atoms with van der Waals surface area (Å²) < 4.78 is 5.40. The third-order valence-electron chi connectivity index (χ3n) is 5.16. The molecule has 1 N–H and O–H groups in total. The highest BCUT2D eigenvalue weighted by atomic mass is 32.2. The maximum atomic E-state index is 12.8. The van der Waals surface area contributed by atoms with Crippen molar-refractivity contribution in [3.8, 4) is 23.1 Å². The van der Waals surface area contributed by atoms with Crippen molar-refractivity contribution >= 4 is 34.1 Å². The quantitative estimate of drug-likeness (QED) is 0.527. The summed E-state index contributed by atoms with van der Waals surface area (Å²) in [5.41, 5.74) is 4.39. The Hall–Kier alpha value is -2.89. The summed E-state index contributed by atoms with van der Waals surface area (Å²) in [4.78, 5) is 22.0. The monoisotopic (exact) mass is 450 g/mol. The average Bonchev–Trinajstić information content (AvgIpc) is 3.26. The van der Waals surface area contributed by atoms with Gasteiger partial charge in [0.2, 0.25) is 5.91 Å². The van der Waals surface area contributed by atoms with E-state index in [0.717, 1.165) is 53.9 Å². The maximum Gasteiger partial charge on any atom is 0.239 e. The molecule has 1 atom stereocenters. The molecule has 6 nitrogen and oxygen atoms in total. The van der Waals surface area contributed by atoms with Crippen molar-refractivity contribution < 1.29 is 9.53 Å². The van der Waals surface area contributed by atoms with Gasteiger partial charge in [-0.25, -0.2) is 9.97 Å². The fourth-order valence-electron chi connectivity index (χ4n) is 3.52. The van der Waals surface area contributed by atoms with Gasteiger partial charge in [0.15, 0.2) is 5.13 Å². The molecular formula is C23H22N4O2S2. The molecule has 1 aliphatic rings. The zero-order chi connectivity index (χ0) is 21.8. The molecule has 0 fully saturated rings. The van der Waals surface area contributed by atoms with Crippen LogP contribution < -0.4 is 10.1 Å². The molecule has 2 aromatic heterocycles. The Balaban J connectivity index is 1.46. The standard InChI is InChI=1S/C23H22N4O2S2/c1-14(31-22-16(12-24)11-15-7-3-5-9-18(15)25-22)21(28)27-23-26-19(13-30-23)17-8-4-6-10-20(17)29-2/h4,6,8,10-11,13-14H,3,5,7,9H2,1-2H3,(H,26,27,28). The number of nitriles is 1. The van der Waals surface area contributed by atoms with Crippen molar-refractivity contribution in [2.24, 2.45) is 0 Å². The second-order valence-corrected chi connectivity index (χ2v) is 9.44. The Morgan fingerprint density at radius 2 is 2.10 bits per heavy atom. The molecule has 8 heteroatoms. The number of para-hydroxylation sites is 1. The lowest BCUT2D eigenvalue weighted by molar-refractivity contribution is -0.115. The van der Waals surface area contributed by atoms with Gasteiger partial charge < -0.3 is 10.1 Å². The fraction of sp³-hybridized carbons (Fsp3) is 0.304. The molecule has 1 amide bonds. The number of carbonyl (C=O) groups is 1. The van der Waals surface area contributed by atoms with Crippen molar-refractivity contribution in [3.63, 3.8) is 0 Å². The van der Waals surface area contributed by atoms with Crippen molar-refractivity contribution in [3.05, 3.63) is 52.5 Å². The highest BCUT2D eigenvalue weighted by Gasteiger charge is 2.21. The number of anilines is 1. The summed E-state index contributed by atoms with van der Waals surface area (Å²) in [5, 5.41) is 15.0. The largest absolute Gasteiger partial charge is 0.496 e. The van der Waals surface area contributed by atoms with Gasteiger partial charge in [-0.15, -0.1) is 11.3 Å². The van der Waals surface area contributed by atoms with Crippen molar-refractivity contribution in [2.75, 3.05) is 12.4 Å². The number of fused-ring (bicyclic) bond motifs is 1. The number of benzene rings is 1. The van der Waals surface area contributed by atoms with Crippen LogP contribution >= 0.6 is 23.1 Å². The van der Waals surface area contributed by atoms with E-state index in [9.17, 15) is 10.1 Å². The average molecular weight is 451 g/mol. The minimum Gasteiger partial charge on any atom is -0.496 e. The minimum absolute atomic E-state index is 0.172. The first-order valence-electron chi connectivity index (χ1n) is 10.1. The number of rotatable bonds is 6. The zero-order valence-electron chi connectivity index (χ0n) is 17.3. The number of carbonyl (C=O) groups excluding carboxylic acids is 1. The van der Waals surface area contributed by atoms with E-state index in [1.165, 1.54) is 23.1 Å². The Labute approximate surface area is 189 Å². The molecule has 4 rings (SSSR count). The van der Waals surface area contributed by atoms with E-state index in [-0.39, 0.29) is 5.91 Å². The van der Waals surface area contributed by atoms with Crippen LogP contribution in [0, 0.1) is 11.3 Å². The molecule has 3 aromatic rings. The summed E-state index contributed by atoms with van der Waals surface area (Å²) in [7, 11) is 1.62. The van der Waals surface area contributed by atoms with Crippen LogP contribution in [0.4, 0.5) is 5.13 Å². The predicted octanol–water partition coefficient (Wildman–Crippen LogP) is 5.08. The lowest BCUT2D eigenvalue weighted by Gasteiger charge is -2.17. The molecule has 31 heavy (non-hydrogen) atoms. The van der Waals surface area contributed by atoms with Crippen LogP contribution in [-0.4, -0.2) is 28.2 Å². The fourth-order valence-corrected chi connectivity index (χ4v) is 5.13. The highest BCUT2D eigenvalue weighted by Crippen LogP contribution is 2.33. The van der Waals surface area contributed by atoms with E-state index in [1.807, 2.05) is 42.6 Å². The van der Waals surface area contributed by atoms with Gasteiger partial charge in [-0.05, 0) is 56.4 Å². The van der Waals surface area contributed by atoms with Crippen LogP contribution in [0.25, 0.3) is 11.3 Å². The maximum absolute atomic E-state index is 12.8. The summed E-state index contributed by atoms with van der Waals surface area (Å²) in [5.74, 6) is 0.562. The molecule has 1 aliphatic carbocycles. The van der Waals surface area contributed by atoms with Gasteiger partial charge in [0, 0.05) is 16.6 Å². The van der Waals surface area contributed by atoms with Gasteiger partial charge in [0.25, 0.3) is 0 Å². The summed E-state index contributed by atoms with van der Waals surface area (Å²) in [6.07, 6.45) is 4.15. The van der Waals surface area contributed by atoms with Gasteiger partial charge >= 0.3 is 0 Å². The Morgan fingerprint density at radius 3 is 2.90 bits per heavy atom. The first-order valence-corrected chi connectivity index (χ1v) is 11.8. The van der Waals surface area contributed by atoms with Crippen LogP contribution in [0.1, 0.15) is 36.6 Å². The summed E-state index contributed by atoms with van der Waals surface area (Å²) >= 11 is 2.68. The molecule has 0 radical (unpaired) electrons. The third kappa shape index (κ3) is 4.73. The number of pyridine rings is 1. The van der Waals surface area contributed by atoms with E-state index in [4.69, 9.17) is 9.72 Å². The van der Waals surface area contributed by atoms with Crippen LogP contribution in [0.3, 0.4) is 0 Å². The Morgan fingerprint density at radius 1 is 1.29 bits per heavy atom. The predicted molar refractivity (Wildman–Crippen MR) is 124 cm³/mol. The van der Waals surface area contributed by atoms with E-state index in [1.54, 1.807) is 7.11 Å². The number of nitrogens with one attached hydrogen (secondary N) is 1. The number of ether oxygens (including phenoxy) is 1. The lowest BCUT2D eigenvalue weighted by atomic mass is 9.95. The van der Waals surface area contributed by atoms with E-state index >= 15 is 0 Å². The summed E-state index contributed by atoms with van der Waals surface area (Å²) in [6, 6.07) is 11.8. The number of amides is 1. The molecule has 1 aromatic carbocycles. The second kappa shape index (κ2) is 9.50. The van der Waals surface area contributed by atoms with Crippen molar-refractivity contribution in [1.29, 1.82) is 5.26 Å². The summed E-state index contributed by atoms with van der Waals surface area (Å²) in [6.45, 7) is 1.82. The second-order valence-electron chi connectivity index (χ2n) is 7.25. The topological polar surface area (TPSA) is 87.9 Å². The number of hydrogen-bond donors (Lipinski definition) is 1. The van der Waals surface area contributed by atoms with Gasteiger partial charge in [-0.1, -0.05) is 23.9 Å². The zero-order valence-corrected chi connectivity index (χ0v) is 19.0. The van der Waals surface area contributed by atoms with Crippen molar-refractivity contribution in [2.45, 2.75) is 42.9 Å². The molecule has 0 saturated heterocycles. The van der Waals surface area contributed by atoms with Gasteiger partial charge in [0.05, 0.1) is 23.6 Å². The minimum atomic E-state index is -0.417. The Kier molecular flexibility index (Phi) is 6.54. The van der Waals surface area contributed by atoms with Gasteiger partial charge in [0.1, 0.15) is 16.8 Å². The SMILES string of the molecule is COc1ccccc1-c1csc(NC(=O)C(C)Sc2nc3c(cc2C#N)CCCC3)n1. The number of hydrogen-bond acceptors (Lipinski definition) is 7. The third-order valence-corrected chi connectivity index (χ3v) is 7.02. The van der Waals surface area contributed by atoms with E-state index < -0.39 is 5.25 Å². The number of methoxy groups -OCH3 is 1. The number of nitrogens with zero attached hydrogens (tertiary/aromatic N) is 3. The van der Waals surface area contributed by atoms with E-state index in [0.29, 0.717) is 15.7 Å². The number of thiazole rings is 1. The van der Waals surface area contributed by atoms with Crippen LogP contribution in [-0.2, 0) is 17.6 Å². The number of aromatic nitrogens is 2. The van der Waals surface area contributed by atoms with Crippen molar-refractivity contribution in [1.82, 2.24) is 9.97 Å². The van der Waals surface area contributed by atoms with Crippen LogP contribution in [0.5, 0.6) is 5.75 Å². The normalized spacial score (nSPS) is 13.7. The highest BCUT2D eigenvalue weighted by molar-refractivity contribution is 8.00. The Bertz CT molecular complexity index is 1150. The number of aryl methyl sites for hydroxylation is 2. The molecular weight excluding hydrogens is 428 g/mol. The van der Waals surface area contributed by atoms with E-state index in [2.05, 4.69) is 16.4 Å². The van der Waals surface area contributed by atoms with Gasteiger partial charge in [-0.3, -0.25) is 4.79 Å². The lowest BCUT2D eigenvalue weighted by Crippen LogP contribution is -2.22. The van der Waals surface area contributed by atoms with Crippen LogP contribution in [0.2, 0.25) is 0 Å². The molecule has 1 unspecified atom stereocenters. The molecule has 0 bridgehead atoms. The molecule has 2 heterocycles. The molecule has 0 aliphatic heterocycles. The molecule has 158 valence electrons. The number of thioether (sulfide) groups is 1. The first-order chi connectivity index (χ1) is 15.1. The molecule has 0 saturated carbocycles. The first kappa shape index (κ1) is 21.3. The van der Waals surface area contributed by atoms with Crippen LogP contribution in [0.15, 0.2) is 40.7 Å². The van der Waals surface area contributed by atoms with Gasteiger partial charge in [-0.2, -0.15) is 5.26 Å². The molecule has 0 spiro atoms. The smallest absolute Gasteiger partial charge is 0.239 e.